The maximum absolute atomic E-state index is 13.5. The molecule has 0 aliphatic heterocycles. The summed E-state index contributed by atoms with van der Waals surface area (Å²) in [6.07, 6.45) is 1.96. The molecule has 37 heavy (non-hydrogen) atoms. The fourth-order valence-electron chi connectivity index (χ4n) is 3.88. The van der Waals surface area contributed by atoms with E-state index in [1.807, 2.05) is 60.7 Å². The van der Waals surface area contributed by atoms with Crippen LogP contribution >= 0.6 is 34.8 Å². The first kappa shape index (κ1) is 29.8. The minimum atomic E-state index is -4.34. The van der Waals surface area contributed by atoms with Crippen molar-refractivity contribution in [3.8, 4) is 0 Å². The van der Waals surface area contributed by atoms with E-state index in [1.54, 1.807) is 6.92 Å². The summed E-state index contributed by atoms with van der Waals surface area (Å²) in [5.41, 5.74) is 1.81. The SMILES string of the molecule is C[C@H](C=N)[C@H](OCc1ccccc1)[C@@H](COCc1ccccc1)OS(=O)(=O)C1C=C(Cl)C(Cl)=CC1(C)Cl. The summed E-state index contributed by atoms with van der Waals surface area (Å²) in [6.45, 7) is 3.61. The average molecular weight is 587 g/mol. The zero-order valence-corrected chi connectivity index (χ0v) is 23.6. The highest BCUT2D eigenvalue weighted by Crippen LogP contribution is 2.39. The molecular formula is C27H30Cl3NO5S. The number of rotatable bonds is 13. The molecule has 0 saturated heterocycles. The molecule has 0 spiro atoms. The monoisotopic (exact) mass is 585 g/mol. The van der Waals surface area contributed by atoms with Crippen LogP contribution in [0.4, 0.5) is 0 Å². The molecule has 0 aromatic heterocycles. The van der Waals surface area contributed by atoms with Crippen LogP contribution in [0.1, 0.15) is 25.0 Å². The van der Waals surface area contributed by atoms with E-state index >= 15 is 0 Å². The molecule has 0 bridgehead atoms. The summed E-state index contributed by atoms with van der Waals surface area (Å²) >= 11 is 18.8. The van der Waals surface area contributed by atoms with Crippen LogP contribution in [0.25, 0.3) is 0 Å². The highest BCUT2D eigenvalue weighted by molar-refractivity contribution is 7.87. The number of hydrogen-bond acceptors (Lipinski definition) is 6. The van der Waals surface area contributed by atoms with Crippen molar-refractivity contribution in [3.63, 3.8) is 0 Å². The molecule has 0 radical (unpaired) electrons. The average Bonchev–Trinajstić information content (AvgIpc) is 2.86. The lowest BCUT2D eigenvalue weighted by Crippen LogP contribution is -2.47. The van der Waals surface area contributed by atoms with Gasteiger partial charge in [0.25, 0.3) is 10.1 Å². The highest BCUT2D eigenvalue weighted by atomic mass is 35.5. The topological polar surface area (TPSA) is 85.7 Å². The molecule has 10 heteroatoms. The van der Waals surface area contributed by atoms with Crippen LogP contribution < -0.4 is 0 Å². The van der Waals surface area contributed by atoms with E-state index in [1.165, 1.54) is 25.3 Å². The number of allylic oxidation sites excluding steroid dienone is 3. The van der Waals surface area contributed by atoms with Crippen molar-refractivity contribution in [2.45, 2.75) is 49.4 Å². The molecule has 5 atom stereocenters. The van der Waals surface area contributed by atoms with Gasteiger partial charge in [0.05, 0.1) is 40.9 Å². The van der Waals surface area contributed by atoms with Gasteiger partial charge in [-0.2, -0.15) is 8.42 Å². The maximum Gasteiger partial charge on any atom is 0.276 e. The fourth-order valence-corrected chi connectivity index (χ4v) is 6.54. The first-order chi connectivity index (χ1) is 17.5. The molecule has 6 nitrogen and oxygen atoms in total. The van der Waals surface area contributed by atoms with E-state index in [-0.39, 0.29) is 29.9 Å². The predicted octanol–water partition coefficient (Wildman–Crippen LogP) is 6.41. The third-order valence-electron chi connectivity index (χ3n) is 5.89. The molecule has 2 unspecified atom stereocenters. The number of alkyl halides is 1. The van der Waals surface area contributed by atoms with E-state index < -0.39 is 38.4 Å². The highest BCUT2D eigenvalue weighted by Gasteiger charge is 2.45. The summed E-state index contributed by atoms with van der Waals surface area (Å²) in [6, 6.07) is 18.9. The van der Waals surface area contributed by atoms with Crippen molar-refractivity contribution in [2.75, 3.05) is 6.61 Å². The zero-order chi connectivity index (χ0) is 27.1. The second kappa shape index (κ2) is 13.4. The fraction of sp³-hybridized carbons (Fsp3) is 0.370. The Labute approximate surface area is 233 Å². The van der Waals surface area contributed by atoms with E-state index in [0.29, 0.717) is 0 Å². The molecule has 200 valence electrons. The number of benzene rings is 2. The van der Waals surface area contributed by atoms with Gasteiger partial charge in [0.2, 0.25) is 0 Å². The van der Waals surface area contributed by atoms with Gasteiger partial charge in [-0.25, -0.2) is 0 Å². The zero-order valence-electron chi connectivity index (χ0n) is 20.5. The first-order valence-electron chi connectivity index (χ1n) is 11.7. The predicted molar refractivity (Wildman–Crippen MR) is 149 cm³/mol. The molecule has 1 aliphatic rings. The van der Waals surface area contributed by atoms with Crippen LogP contribution in [-0.4, -0.2) is 43.6 Å². The maximum atomic E-state index is 13.5. The Morgan fingerprint density at radius 3 is 2.14 bits per heavy atom. The van der Waals surface area contributed by atoms with E-state index in [2.05, 4.69) is 0 Å². The molecular weight excluding hydrogens is 557 g/mol. The molecule has 2 aromatic rings. The van der Waals surface area contributed by atoms with Crippen LogP contribution in [0.2, 0.25) is 0 Å². The number of hydrogen-bond donors (Lipinski definition) is 1. The Morgan fingerprint density at radius 1 is 1.00 bits per heavy atom. The Hall–Kier alpha value is -1.71. The molecule has 3 rings (SSSR count). The van der Waals surface area contributed by atoms with Gasteiger partial charge < -0.3 is 14.9 Å². The third kappa shape index (κ3) is 8.39. The summed E-state index contributed by atoms with van der Waals surface area (Å²) in [5.74, 6) is -0.480. The molecule has 0 fully saturated rings. The summed E-state index contributed by atoms with van der Waals surface area (Å²) in [5, 5.41) is 6.77. The molecule has 0 heterocycles. The molecule has 0 amide bonds. The normalized spacial score (nSPS) is 22.5. The molecule has 2 aromatic carbocycles. The lowest BCUT2D eigenvalue weighted by Gasteiger charge is -2.34. The third-order valence-corrected chi connectivity index (χ3v) is 8.86. The van der Waals surface area contributed by atoms with Crippen LogP contribution in [0.5, 0.6) is 0 Å². The van der Waals surface area contributed by atoms with Gasteiger partial charge in [0, 0.05) is 12.1 Å². The van der Waals surface area contributed by atoms with Crippen LogP contribution in [0.15, 0.2) is 82.9 Å². The number of ether oxygens (including phenoxy) is 2. The first-order valence-corrected chi connectivity index (χ1v) is 14.3. The molecule has 0 saturated carbocycles. The van der Waals surface area contributed by atoms with Gasteiger partial charge in [-0.15, -0.1) is 11.6 Å². The molecule has 1 N–H and O–H groups in total. The van der Waals surface area contributed by atoms with Gasteiger partial charge >= 0.3 is 0 Å². The van der Waals surface area contributed by atoms with Crippen molar-refractivity contribution < 1.29 is 22.1 Å². The second-order valence-electron chi connectivity index (χ2n) is 8.99. The van der Waals surface area contributed by atoms with E-state index in [9.17, 15) is 8.42 Å². The summed E-state index contributed by atoms with van der Waals surface area (Å²) < 4.78 is 44.9. The minimum Gasteiger partial charge on any atom is -0.374 e. The quantitative estimate of drug-likeness (QED) is 0.166. The van der Waals surface area contributed by atoms with Crippen molar-refractivity contribution in [1.82, 2.24) is 0 Å². The van der Waals surface area contributed by atoms with Crippen molar-refractivity contribution >= 4 is 51.1 Å². The van der Waals surface area contributed by atoms with Gasteiger partial charge in [0.1, 0.15) is 11.4 Å². The van der Waals surface area contributed by atoms with Crippen LogP contribution in [0.3, 0.4) is 0 Å². The summed E-state index contributed by atoms with van der Waals surface area (Å²) in [7, 11) is -4.34. The second-order valence-corrected chi connectivity index (χ2v) is 12.3. The van der Waals surface area contributed by atoms with Gasteiger partial charge in [-0.3, -0.25) is 4.18 Å². The van der Waals surface area contributed by atoms with E-state index in [4.69, 9.17) is 53.9 Å². The van der Waals surface area contributed by atoms with Crippen molar-refractivity contribution in [3.05, 3.63) is 94.0 Å². The lowest BCUT2D eigenvalue weighted by molar-refractivity contribution is -0.0786. The Kier molecular flexibility index (Phi) is 10.8. The van der Waals surface area contributed by atoms with Crippen molar-refractivity contribution in [2.24, 2.45) is 5.92 Å². The molecule has 1 aliphatic carbocycles. The Bertz CT molecular complexity index is 1200. The van der Waals surface area contributed by atoms with E-state index in [0.717, 1.165) is 11.1 Å². The smallest absolute Gasteiger partial charge is 0.276 e. The largest absolute Gasteiger partial charge is 0.374 e. The standard InChI is InChI=1S/C27H30Cl3NO5S/c1-19(15-31)26(35-17-21-11-7-4-8-12-21)24(18-34-16-20-9-5-3-6-10-20)36-37(32,33)25-13-22(28)23(29)14-27(25,2)30/h3-15,19,24-26,31H,16-18H2,1-2H3/t19-,24-,25?,26+,27?/m1/s1. The minimum absolute atomic E-state index is 0.0681. The summed E-state index contributed by atoms with van der Waals surface area (Å²) in [4.78, 5) is -1.39. The lowest BCUT2D eigenvalue weighted by atomic mass is 10.0. The number of halogens is 3. The number of nitrogens with one attached hydrogen (secondary N) is 1. The van der Waals surface area contributed by atoms with Crippen LogP contribution in [0, 0.1) is 11.3 Å². The van der Waals surface area contributed by atoms with Gasteiger partial charge in [-0.1, -0.05) is 90.8 Å². The van der Waals surface area contributed by atoms with Crippen molar-refractivity contribution in [1.29, 1.82) is 5.41 Å². The Balaban J connectivity index is 1.87. The van der Waals surface area contributed by atoms with Gasteiger partial charge in [0.15, 0.2) is 0 Å². The Morgan fingerprint density at radius 2 is 1.57 bits per heavy atom. The van der Waals surface area contributed by atoms with Gasteiger partial charge in [-0.05, 0) is 30.2 Å². The van der Waals surface area contributed by atoms with Crippen LogP contribution in [-0.2, 0) is 37.0 Å².